The van der Waals surface area contributed by atoms with Crippen molar-refractivity contribution < 1.29 is 32.2 Å². The van der Waals surface area contributed by atoms with Gasteiger partial charge >= 0.3 is 11.8 Å². The highest BCUT2D eigenvalue weighted by Gasteiger charge is 2.37. The molecule has 2 aromatic carbocycles. The van der Waals surface area contributed by atoms with Crippen LogP contribution in [-0.4, -0.2) is 64.7 Å². The van der Waals surface area contributed by atoms with Crippen molar-refractivity contribution in [1.82, 2.24) is 14.9 Å². The Kier molecular flexibility index (Phi) is 8.14. The van der Waals surface area contributed by atoms with Crippen molar-refractivity contribution in [3.8, 4) is 11.5 Å². The van der Waals surface area contributed by atoms with Crippen molar-refractivity contribution in [2.24, 2.45) is 0 Å². The first-order valence-electron chi connectivity index (χ1n) is 9.93. The Balaban J connectivity index is 1.61. The predicted octanol–water partition coefficient (Wildman–Crippen LogP) is 1.14. The smallest absolute Gasteiger partial charge is 0.309 e. The number of hydrogen-bond donors (Lipinski definition) is 2. The van der Waals surface area contributed by atoms with Gasteiger partial charge in [0.2, 0.25) is 10.0 Å². The molecular weight excluding hydrogens is 474 g/mol. The number of halogens is 1. The van der Waals surface area contributed by atoms with Gasteiger partial charge in [-0.2, -0.15) is 4.31 Å². The summed E-state index contributed by atoms with van der Waals surface area (Å²) in [6.45, 7) is 0.109. The Morgan fingerprint density at radius 2 is 1.79 bits per heavy atom. The summed E-state index contributed by atoms with van der Waals surface area (Å²) in [5, 5.41) is 5.35. The zero-order chi connectivity index (χ0) is 24.0. The van der Waals surface area contributed by atoms with Crippen LogP contribution in [0.15, 0.2) is 47.4 Å². The van der Waals surface area contributed by atoms with E-state index in [1.54, 1.807) is 24.3 Å². The van der Waals surface area contributed by atoms with Gasteiger partial charge in [0, 0.05) is 24.2 Å². The molecular formula is C21H24ClN3O7S. The molecule has 1 fully saturated rings. The molecule has 1 atom stereocenters. The predicted molar refractivity (Wildman–Crippen MR) is 119 cm³/mol. The number of benzene rings is 2. The first kappa shape index (κ1) is 24.8. The molecule has 0 saturated carbocycles. The Morgan fingerprint density at radius 3 is 2.48 bits per heavy atom. The second-order valence-electron chi connectivity index (χ2n) is 6.94. The molecule has 2 N–H and O–H groups in total. The maximum absolute atomic E-state index is 13.1. The summed E-state index contributed by atoms with van der Waals surface area (Å²) in [6, 6.07) is 11.2. The fourth-order valence-corrected chi connectivity index (χ4v) is 4.94. The lowest BCUT2D eigenvalue weighted by Gasteiger charge is -2.23. The van der Waals surface area contributed by atoms with Gasteiger partial charge in [-0.05, 0) is 23.8 Å². The van der Waals surface area contributed by atoms with Crippen molar-refractivity contribution in [2.75, 3.05) is 33.9 Å². The van der Waals surface area contributed by atoms with Crippen LogP contribution in [0.4, 0.5) is 0 Å². The Labute approximate surface area is 196 Å². The lowest BCUT2D eigenvalue weighted by Crippen LogP contribution is -2.47. The molecule has 12 heteroatoms. The van der Waals surface area contributed by atoms with Crippen molar-refractivity contribution in [2.45, 2.75) is 17.7 Å². The van der Waals surface area contributed by atoms with Gasteiger partial charge in [0.15, 0.2) is 11.5 Å². The number of amides is 2. The number of carbonyl (C=O) groups is 2. The summed E-state index contributed by atoms with van der Waals surface area (Å²) in [7, 11) is -1.11. The second-order valence-corrected chi connectivity index (χ2v) is 9.24. The number of carbonyl (C=O) groups excluding carboxylic acids is 2. The SMILES string of the molecule is COc1ccc(S(=O)(=O)N2CCO[C@H]2CNC(=O)C(=O)NCc2ccccc2Cl)cc1OC. The lowest BCUT2D eigenvalue weighted by atomic mass is 10.2. The van der Waals surface area contributed by atoms with Crippen LogP contribution in [0.2, 0.25) is 5.02 Å². The minimum Gasteiger partial charge on any atom is -0.493 e. The number of hydrogen-bond acceptors (Lipinski definition) is 7. The molecule has 0 aromatic heterocycles. The van der Waals surface area contributed by atoms with Gasteiger partial charge in [0.1, 0.15) is 6.23 Å². The van der Waals surface area contributed by atoms with E-state index in [4.69, 9.17) is 25.8 Å². The molecule has 1 aliphatic rings. The van der Waals surface area contributed by atoms with Crippen molar-refractivity contribution in [1.29, 1.82) is 0 Å². The van der Waals surface area contributed by atoms with E-state index in [2.05, 4.69) is 10.6 Å². The molecule has 1 saturated heterocycles. The number of ether oxygens (including phenoxy) is 3. The second kappa shape index (κ2) is 10.8. The third-order valence-electron chi connectivity index (χ3n) is 4.95. The van der Waals surface area contributed by atoms with Crippen LogP contribution in [0.3, 0.4) is 0 Å². The van der Waals surface area contributed by atoms with E-state index < -0.39 is 28.1 Å². The fourth-order valence-electron chi connectivity index (χ4n) is 3.21. The van der Waals surface area contributed by atoms with Crippen LogP contribution in [0.1, 0.15) is 5.56 Å². The maximum atomic E-state index is 13.1. The number of rotatable bonds is 8. The summed E-state index contributed by atoms with van der Waals surface area (Å²) in [4.78, 5) is 24.3. The largest absolute Gasteiger partial charge is 0.493 e. The van der Waals surface area contributed by atoms with E-state index in [1.807, 2.05) is 0 Å². The van der Waals surface area contributed by atoms with E-state index in [0.717, 1.165) is 4.31 Å². The van der Waals surface area contributed by atoms with E-state index in [-0.39, 0.29) is 36.9 Å². The quantitative estimate of drug-likeness (QED) is 0.524. The molecule has 0 unspecified atom stereocenters. The zero-order valence-electron chi connectivity index (χ0n) is 18.0. The number of nitrogens with zero attached hydrogens (tertiary/aromatic N) is 1. The molecule has 0 bridgehead atoms. The van der Waals surface area contributed by atoms with Crippen LogP contribution in [0, 0.1) is 0 Å². The molecule has 1 heterocycles. The Bertz CT molecular complexity index is 1130. The van der Waals surface area contributed by atoms with Crippen LogP contribution < -0.4 is 20.1 Å². The van der Waals surface area contributed by atoms with Gasteiger partial charge in [0.05, 0.1) is 32.3 Å². The topological polar surface area (TPSA) is 123 Å². The molecule has 3 rings (SSSR count). The van der Waals surface area contributed by atoms with Crippen LogP contribution in [-0.2, 0) is 30.9 Å². The summed E-state index contributed by atoms with van der Waals surface area (Å²) in [6.07, 6.45) is -0.969. The molecule has 1 aliphatic heterocycles. The molecule has 10 nitrogen and oxygen atoms in total. The Hall–Kier alpha value is -2.86. The minimum atomic E-state index is -3.96. The van der Waals surface area contributed by atoms with Gasteiger partial charge < -0.3 is 24.8 Å². The van der Waals surface area contributed by atoms with Gasteiger partial charge in [-0.1, -0.05) is 29.8 Å². The normalized spacial score (nSPS) is 16.3. The molecule has 33 heavy (non-hydrogen) atoms. The first-order chi connectivity index (χ1) is 15.8. The molecule has 0 spiro atoms. The van der Waals surface area contributed by atoms with Crippen LogP contribution in [0.5, 0.6) is 11.5 Å². The monoisotopic (exact) mass is 497 g/mol. The van der Waals surface area contributed by atoms with Crippen molar-refractivity contribution in [3.05, 3.63) is 53.1 Å². The summed E-state index contributed by atoms with van der Waals surface area (Å²) >= 11 is 6.03. The minimum absolute atomic E-state index is 0.0144. The average molecular weight is 498 g/mol. The summed E-state index contributed by atoms with van der Waals surface area (Å²) in [5.41, 5.74) is 0.659. The van der Waals surface area contributed by atoms with Crippen molar-refractivity contribution in [3.63, 3.8) is 0 Å². The first-order valence-corrected chi connectivity index (χ1v) is 11.7. The number of sulfonamides is 1. The highest BCUT2D eigenvalue weighted by atomic mass is 35.5. The highest BCUT2D eigenvalue weighted by molar-refractivity contribution is 7.89. The number of nitrogens with one attached hydrogen (secondary N) is 2. The fraction of sp³-hybridized carbons (Fsp3) is 0.333. The highest BCUT2D eigenvalue weighted by Crippen LogP contribution is 2.31. The molecule has 2 aromatic rings. The maximum Gasteiger partial charge on any atom is 0.309 e. The zero-order valence-corrected chi connectivity index (χ0v) is 19.6. The summed E-state index contributed by atoms with van der Waals surface area (Å²) in [5.74, 6) is -1.14. The van der Waals surface area contributed by atoms with Crippen molar-refractivity contribution >= 4 is 33.4 Å². The standard InChI is InChI=1S/C21H24ClN3O7S/c1-30-17-8-7-15(11-18(17)31-2)33(28,29)25-9-10-32-19(25)13-24-21(27)20(26)23-12-14-5-3-4-6-16(14)22/h3-8,11,19H,9-10,12-13H2,1-2H3,(H,23,26)(H,24,27)/t19-/m0/s1. The van der Waals surface area contributed by atoms with Gasteiger partial charge in [-0.25, -0.2) is 8.42 Å². The van der Waals surface area contributed by atoms with Crippen LogP contribution >= 0.6 is 11.6 Å². The number of methoxy groups -OCH3 is 2. The molecule has 0 aliphatic carbocycles. The Morgan fingerprint density at radius 1 is 1.09 bits per heavy atom. The van der Waals surface area contributed by atoms with Crippen LogP contribution in [0.25, 0.3) is 0 Å². The lowest BCUT2D eigenvalue weighted by molar-refractivity contribution is -0.139. The van der Waals surface area contributed by atoms with E-state index in [9.17, 15) is 18.0 Å². The average Bonchev–Trinajstić information content (AvgIpc) is 3.31. The summed E-state index contributed by atoms with van der Waals surface area (Å²) < 4.78 is 43.2. The third kappa shape index (κ3) is 5.74. The molecule has 2 amide bonds. The van der Waals surface area contributed by atoms with E-state index >= 15 is 0 Å². The van der Waals surface area contributed by atoms with Gasteiger partial charge in [-0.15, -0.1) is 0 Å². The van der Waals surface area contributed by atoms with Gasteiger partial charge in [-0.3, -0.25) is 9.59 Å². The molecule has 178 valence electrons. The van der Waals surface area contributed by atoms with E-state index in [0.29, 0.717) is 16.3 Å². The third-order valence-corrected chi connectivity index (χ3v) is 7.20. The van der Waals surface area contributed by atoms with Gasteiger partial charge in [0.25, 0.3) is 0 Å². The molecule has 0 radical (unpaired) electrons. The van der Waals surface area contributed by atoms with E-state index in [1.165, 1.54) is 32.4 Å².